The zero-order valence-electron chi connectivity index (χ0n) is 8.99. The lowest BCUT2D eigenvalue weighted by molar-refractivity contribution is 0.0687. The number of nitrogens with zero attached hydrogens (tertiary/aromatic N) is 4. The van der Waals surface area contributed by atoms with Crippen LogP contribution in [0.5, 0.6) is 0 Å². The highest BCUT2D eigenvalue weighted by atomic mass is 79.9. The molecule has 0 spiro atoms. The van der Waals surface area contributed by atoms with Gasteiger partial charge in [0.1, 0.15) is 5.60 Å². The van der Waals surface area contributed by atoms with E-state index in [0.29, 0.717) is 5.65 Å². The van der Waals surface area contributed by atoms with E-state index in [9.17, 15) is 5.11 Å². The van der Waals surface area contributed by atoms with Crippen molar-refractivity contribution in [3.8, 4) is 0 Å². The molecule has 0 saturated carbocycles. The Hall–Kier alpha value is -0.720. The molecule has 0 aliphatic heterocycles. The quantitative estimate of drug-likeness (QED) is 0.876. The highest BCUT2D eigenvalue weighted by Gasteiger charge is 2.23. The molecule has 0 aliphatic carbocycles. The standard InChI is InChI=1S/C9H10BrClN4O/c1-4-5(10)6-12-7(9(2,3)16)13-8(11)15(6)14-4/h16H,1-3H3. The van der Waals surface area contributed by atoms with Crippen molar-refractivity contribution in [2.75, 3.05) is 0 Å². The van der Waals surface area contributed by atoms with E-state index in [1.165, 1.54) is 4.52 Å². The molecule has 5 nitrogen and oxygen atoms in total. The number of aromatic nitrogens is 4. The summed E-state index contributed by atoms with van der Waals surface area (Å²) >= 11 is 9.34. The topological polar surface area (TPSA) is 63.3 Å². The largest absolute Gasteiger partial charge is 0.382 e. The summed E-state index contributed by atoms with van der Waals surface area (Å²) in [7, 11) is 0. The Morgan fingerprint density at radius 3 is 2.56 bits per heavy atom. The average Bonchev–Trinajstić information content (AvgIpc) is 2.44. The van der Waals surface area contributed by atoms with Crippen molar-refractivity contribution in [3.05, 3.63) is 21.3 Å². The molecule has 0 unspecified atom stereocenters. The van der Waals surface area contributed by atoms with E-state index in [0.717, 1.165) is 10.2 Å². The lowest BCUT2D eigenvalue weighted by atomic mass is 10.1. The van der Waals surface area contributed by atoms with Gasteiger partial charge in [-0.1, -0.05) is 0 Å². The molecule has 2 aromatic rings. The predicted octanol–water partition coefficient (Wildman–Crippen LogP) is 2.08. The van der Waals surface area contributed by atoms with Crippen LogP contribution in [0.4, 0.5) is 0 Å². The van der Waals surface area contributed by atoms with Gasteiger partial charge in [-0.3, -0.25) is 0 Å². The Bertz CT molecular complexity index is 561. The summed E-state index contributed by atoms with van der Waals surface area (Å²) in [6, 6.07) is 0. The van der Waals surface area contributed by atoms with Crippen LogP contribution in [0.15, 0.2) is 4.47 Å². The van der Waals surface area contributed by atoms with Crippen LogP contribution in [-0.4, -0.2) is 24.7 Å². The van der Waals surface area contributed by atoms with Crippen molar-refractivity contribution < 1.29 is 5.11 Å². The molecule has 0 aromatic carbocycles. The highest BCUT2D eigenvalue weighted by Crippen LogP contribution is 2.25. The maximum Gasteiger partial charge on any atom is 0.227 e. The third-order valence-electron chi connectivity index (χ3n) is 2.10. The maximum atomic E-state index is 9.84. The van der Waals surface area contributed by atoms with E-state index in [1.807, 2.05) is 6.92 Å². The van der Waals surface area contributed by atoms with Crippen molar-refractivity contribution in [3.63, 3.8) is 0 Å². The first kappa shape index (κ1) is 11.8. The van der Waals surface area contributed by atoms with Crippen molar-refractivity contribution in [2.45, 2.75) is 26.4 Å². The van der Waals surface area contributed by atoms with Crippen LogP contribution < -0.4 is 0 Å². The molecule has 0 bridgehead atoms. The van der Waals surface area contributed by atoms with E-state index >= 15 is 0 Å². The molecule has 2 aromatic heterocycles. The van der Waals surface area contributed by atoms with Gasteiger partial charge in [-0.15, -0.1) is 0 Å². The number of rotatable bonds is 1. The van der Waals surface area contributed by atoms with Gasteiger partial charge in [0.2, 0.25) is 5.28 Å². The van der Waals surface area contributed by atoms with Crippen molar-refractivity contribution >= 4 is 33.2 Å². The summed E-state index contributed by atoms with van der Waals surface area (Å²) in [5, 5.41) is 14.2. The number of halogens is 2. The molecule has 1 N–H and O–H groups in total. The molecule has 86 valence electrons. The molecule has 0 fully saturated rings. The van der Waals surface area contributed by atoms with E-state index in [1.54, 1.807) is 13.8 Å². The monoisotopic (exact) mass is 304 g/mol. The van der Waals surface area contributed by atoms with Crippen molar-refractivity contribution in [2.24, 2.45) is 0 Å². The Morgan fingerprint density at radius 2 is 2.00 bits per heavy atom. The van der Waals surface area contributed by atoms with E-state index < -0.39 is 5.60 Å². The van der Waals surface area contributed by atoms with Crippen LogP contribution in [0.1, 0.15) is 25.4 Å². The first-order chi connectivity index (χ1) is 7.30. The third kappa shape index (κ3) is 1.81. The molecule has 0 saturated heterocycles. The van der Waals surface area contributed by atoms with Gasteiger partial charge >= 0.3 is 0 Å². The molecular weight excluding hydrogens is 295 g/mol. The Kier molecular flexibility index (Phi) is 2.68. The fourth-order valence-corrected chi connectivity index (χ4v) is 1.79. The Balaban J connectivity index is 2.80. The van der Waals surface area contributed by atoms with Crippen LogP contribution in [0.25, 0.3) is 5.65 Å². The minimum atomic E-state index is -1.14. The summed E-state index contributed by atoms with van der Waals surface area (Å²) in [5.41, 5.74) is 0.182. The van der Waals surface area contributed by atoms with Crippen LogP contribution in [0, 0.1) is 6.92 Å². The van der Waals surface area contributed by atoms with Crippen LogP contribution in [0.2, 0.25) is 5.28 Å². The maximum absolute atomic E-state index is 9.84. The number of fused-ring (bicyclic) bond motifs is 1. The Labute approximate surface area is 106 Å². The molecule has 0 atom stereocenters. The fourth-order valence-electron chi connectivity index (χ4n) is 1.25. The van der Waals surface area contributed by atoms with E-state index in [4.69, 9.17) is 11.6 Å². The minimum Gasteiger partial charge on any atom is -0.382 e. The summed E-state index contributed by atoms with van der Waals surface area (Å²) < 4.78 is 2.18. The van der Waals surface area contributed by atoms with E-state index in [-0.39, 0.29) is 11.1 Å². The molecule has 7 heteroatoms. The zero-order chi connectivity index (χ0) is 12.1. The Morgan fingerprint density at radius 1 is 1.38 bits per heavy atom. The van der Waals surface area contributed by atoms with Gasteiger partial charge in [0.15, 0.2) is 11.5 Å². The van der Waals surface area contributed by atoms with Gasteiger partial charge in [-0.25, -0.2) is 4.98 Å². The summed E-state index contributed by atoms with van der Waals surface area (Å²) in [4.78, 5) is 8.25. The molecule has 0 amide bonds. The van der Waals surface area contributed by atoms with Gasteiger partial charge in [-0.2, -0.15) is 14.6 Å². The minimum absolute atomic E-state index is 0.177. The van der Waals surface area contributed by atoms with Crippen LogP contribution in [0.3, 0.4) is 0 Å². The second-order valence-corrected chi connectivity index (χ2v) is 5.14. The number of hydrogen-bond acceptors (Lipinski definition) is 4. The first-order valence-electron chi connectivity index (χ1n) is 4.62. The predicted molar refractivity (Wildman–Crippen MR) is 63.5 cm³/mol. The first-order valence-corrected chi connectivity index (χ1v) is 5.79. The number of aliphatic hydroxyl groups is 1. The fraction of sp³-hybridized carbons (Fsp3) is 0.444. The van der Waals surface area contributed by atoms with Gasteiger partial charge in [0.25, 0.3) is 0 Å². The normalized spacial score (nSPS) is 12.4. The van der Waals surface area contributed by atoms with Crippen molar-refractivity contribution in [1.29, 1.82) is 0 Å². The third-order valence-corrected chi connectivity index (χ3v) is 3.27. The lowest BCUT2D eigenvalue weighted by Gasteiger charge is -2.15. The number of aryl methyl sites for hydroxylation is 1. The molecule has 2 heterocycles. The highest BCUT2D eigenvalue weighted by molar-refractivity contribution is 9.10. The van der Waals surface area contributed by atoms with Gasteiger partial charge < -0.3 is 5.11 Å². The average molecular weight is 306 g/mol. The molecule has 0 radical (unpaired) electrons. The number of hydrogen-bond donors (Lipinski definition) is 1. The van der Waals surface area contributed by atoms with Gasteiger partial charge in [0.05, 0.1) is 10.2 Å². The van der Waals surface area contributed by atoms with Gasteiger partial charge in [0, 0.05) is 0 Å². The lowest BCUT2D eigenvalue weighted by Crippen LogP contribution is -2.20. The summed E-state index contributed by atoms with van der Waals surface area (Å²) in [6.07, 6.45) is 0. The van der Waals surface area contributed by atoms with Gasteiger partial charge in [-0.05, 0) is 48.3 Å². The smallest absolute Gasteiger partial charge is 0.227 e. The molecule has 0 aliphatic rings. The summed E-state index contributed by atoms with van der Waals surface area (Å²) in [5.74, 6) is 0.269. The van der Waals surface area contributed by atoms with Crippen LogP contribution >= 0.6 is 27.5 Å². The van der Waals surface area contributed by atoms with Crippen molar-refractivity contribution in [1.82, 2.24) is 19.6 Å². The molecular formula is C9H10BrClN4O. The zero-order valence-corrected chi connectivity index (χ0v) is 11.3. The second kappa shape index (κ2) is 3.65. The van der Waals surface area contributed by atoms with E-state index in [2.05, 4.69) is 31.0 Å². The SMILES string of the molecule is Cc1nn2c(Cl)nc(C(C)(C)O)nc2c1Br. The molecule has 2 rings (SSSR count). The second-order valence-electron chi connectivity index (χ2n) is 4.01. The molecule has 16 heavy (non-hydrogen) atoms. The summed E-state index contributed by atoms with van der Waals surface area (Å²) in [6.45, 7) is 5.04. The van der Waals surface area contributed by atoms with Crippen LogP contribution in [-0.2, 0) is 5.60 Å².